The van der Waals surface area contributed by atoms with Gasteiger partial charge in [-0.2, -0.15) is 11.8 Å². The van der Waals surface area contributed by atoms with Crippen LogP contribution in [0, 0.1) is 0 Å². The number of para-hydroxylation sites is 1. The van der Waals surface area contributed by atoms with Gasteiger partial charge in [-0.25, -0.2) is 4.79 Å². The maximum absolute atomic E-state index is 11.8. The zero-order valence-electron chi connectivity index (χ0n) is 12.1. The molecule has 0 fully saturated rings. The van der Waals surface area contributed by atoms with Crippen molar-refractivity contribution in [1.29, 1.82) is 0 Å². The molecule has 0 spiro atoms. The lowest BCUT2D eigenvalue weighted by Gasteiger charge is -2.18. The highest BCUT2D eigenvalue weighted by Gasteiger charge is 2.16. The molecule has 4 heteroatoms. The number of hydrogen-bond acceptors (Lipinski definition) is 4. The highest BCUT2D eigenvalue weighted by molar-refractivity contribution is 7.98. The highest BCUT2D eigenvalue weighted by atomic mass is 32.2. The lowest BCUT2D eigenvalue weighted by Crippen LogP contribution is -2.29. The summed E-state index contributed by atoms with van der Waals surface area (Å²) in [5, 5.41) is 3.24. The molecule has 1 aromatic carbocycles. The maximum Gasteiger partial charge on any atom is 0.328 e. The van der Waals surface area contributed by atoms with Gasteiger partial charge in [0.2, 0.25) is 0 Å². The summed E-state index contributed by atoms with van der Waals surface area (Å²) in [6.07, 6.45) is 1.99. The molecule has 0 radical (unpaired) electrons. The molecule has 0 bridgehead atoms. The van der Waals surface area contributed by atoms with Crippen LogP contribution in [0.25, 0.3) is 0 Å². The van der Waals surface area contributed by atoms with Crippen LogP contribution in [0.1, 0.15) is 32.3 Å². The maximum atomic E-state index is 11.8. The average molecular weight is 281 g/mol. The van der Waals surface area contributed by atoms with E-state index < -0.39 is 0 Å². The Balaban J connectivity index is 2.61. The molecule has 0 aliphatic heterocycles. The Hall–Kier alpha value is -1.16. The Labute approximate surface area is 120 Å². The van der Waals surface area contributed by atoms with E-state index in [0.717, 1.165) is 11.4 Å². The predicted octanol–water partition coefficient (Wildman–Crippen LogP) is 3.52. The Morgan fingerprint density at radius 1 is 1.32 bits per heavy atom. The third kappa shape index (κ3) is 5.15. The van der Waals surface area contributed by atoms with Crippen molar-refractivity contribution in [2.75, 3.05) is 23.9 Å². The standard InChI is InChI=1S/C15H23NO2S/c1-11(2)13-7-5-6-8-14(13)16-12(3)15(17)18-9-10-19-4/h5-8,11-12,16H,9-10H2,1-4H3/t12-/m0/s1. The van der Waals surface area contributed by atoms with Gasteiger partial charge in [-0.15, -0.1) is 0 Å². The van der Waals surface area contributed by atoms with E-state index in [1.165, 1.54) is 5.56 Å². The topological polar surface area (TPSA) is 38.3 Å². The number of ether oxygens (including phenoxy) is 1. The summed E-state index contributed by atoms with van der Waals surface area (Å²) >= 11 is 1.67. The van der Waals surface area contributed by atoms with Crippen LogP contribution in [0.15, 0.2) is 24.3 Å². The number of carbonyl (C=O) groups is 1. The number of carbonyl (C=O) groups excluding carboxylic acids is 1. The zero-order valence-corrected chi connectivity index (χ0v) is 12.9. The molecule has 0 aliphatic rings. The van der Waals surface area contributed by atoms with Crippen LogP contribution in [0.5, 0.6) is 0 Å². The molecule has 0 heterocycles. The van der Waals surface area contributed by atoms with Crippen molar-refractivity contribution in [2.24, 2.45) is 0 Å². The molecule has 0 unspecified atom stereocenters. The summed E-state index contributed by atoms with van der Waals surface area (Å²) < 4.78 is 5.19. The van der Waals surface area contributed by atoms with E-state index >= 15 is 0 Å². The van der Waals surface area contributed by atoms with Gasteiger partial charge in [0.15, 0.2) is 0 Å². The van der Waals surface area contributed by atoms with Crippen LogP contribution < -0.4 is 5.32 Å². The lowest BCUT2D eigenvalue weighted by molar-refractivity contribution is -0.143. The van der Waals surface area contributed by atoms with Crippen molar-refractivity contribution < 1.29 is 9.53 Å². The fourth-order valence-corrected chi connectivity index (χ4v) is 2.02. The summed E-state index contributed by atoms with van der Waals surface area (Å²) in [5.41, 5.74) is 2.22. The van der Waals surface area contributed by atoms with E-state index in [0.29, 0.717) is 12.5 Å². The van der Waals surface area contributed by atoms with E-state index in [2.05, 4.69) is 25.2 Å². The SMILES string of the molecule is CSCCOC(=O)[C@H](C)Nc1ccccc1C(C)C. The zero-order chi connectivity index (χ0) is 14.3. The van der Waals surface area contributed by atoms with Gasteiger partial charge in [0.1, 0.15) is 12.6 Å². The van der Waals surface area contributed by atoms with Gasteiger partial charge in [-0.1, -0.05) is 32.0 Å². The van der Waals surface area contributed by atoms with Crippen molar-refractivity contribution in [3.05, 3.63) is 29.8 Å². The Kier molecular flexibility index (Phi) is 6.78. The number of rotatable bonds is 7. The molecule has 19 heavy (non-hydrogen) atoms. The van der Waals surface area contributed by atoms with Gasteiger partial charge in [-0.05, 0) is 30.7 Å². The second-order valence-corrected chi connectivity index (χ2v) is 5.75. The van der Waals surface area contributed by atoms with Gasteiger partial charge >= 0.3 is 5.97 Å². The van der Waals surface area contributed by atoms with Crippen LogP contribution in [-0.2, 0) is 9.53 Å². The minimum Gasteiger partial charge on any atom is -0.463 e. The van der Waals surface area contributed by atoms with E-state index in [1.54, 1.807) is 11.8 Å². The summed E-state index contributed by atoms with van der Waals surface area (Å²) in [6.45, 7) is 6.58. The first-order valence-electron chi connectivity index (χ1n) is 6.57. The lowest BCUT2D eigenvalue weighted by atomic mass is 10.0. The van der Waals surface area contributed by atoms with Gasteiger partial charge in [0, 0.05) is 11.4 Å². The molecule has 1 N–H and O–H groups in total. The van der Waals surface area contributed by atoms with E-state index in [-0.39, 0.29) is 12.0 Å². The minimum atomic E-state index is -0.332. The first-order chi connectivity index (χ1) is 9.06. The molecule has 1 atom stereocenters. The molecule has 1 rings (SSSR count). The fourth-order valence-electron chi connectivity index (χ4n) is 1.77. The average Bonchev–Trinajstić information content (AvgIpc) is 2.39. The van der Waals surface area contributed by atoms with Gasteiger partial charge < -0.3 is 10.1 Å². The van der Waals surface area contributed by atoms with Crippen molar-refractivity contribution in [2.45, 2.75) is 32.7 Å². The molecule has 0 amide bonds. The fraction of sp³-hybridized carbons (Fsp3) is 0.533. The predicted molar refractivity (Wildman–Crippen MR) is 83.0 cm³/mol. The Morgan fingerprint density at radius 3 is 2.63 bits per heavy atom. The molecular formula is C15H23NO2S. The van der Waals surface area contributed by atoms with Crippen LogP contribution in [-0.4, -0.2) is 30.6 Å². The third-order valence-corrected chi connectivity index (χ3v) is 3.42. The van der Waals surface area contributed by atoms with E-state index in [4.69, 9.17) is 4.74 Å². The molecule has 0 saturated carbocycles. The Bertz CT molecular complexity index is 407. The minimum absolute atomic E-state index is 0.201. The normalized spacial score (nSPS) is 12.3. The largest absolute Gasteiger partial charge is 0.463 e. The first-order valence-corrected chi connectivity index (χ1v) is 7.96. The number of anilines is 1. The monoisotopic (exact) mass is 281 g/mol. The second kappa shape index (κ2) is 8.10. The summed E-state index contributed by atoms with van der Waals surface area (Å²) in [7, 11) is 0. The van der Waals surface area contributed by atoms with Gasteiger partial charge in [0.05, 0.1) is 0 Å². The Morgan fingerprint density at radius 2 is 2.00 bits per heavy atom. The summed E-state index contributed by atoms with van der Waals surface area (Å²) in [4.78, 5) is 11.8. The van der Waals surface area contributed by atoms with Crippen LogP contribution in [0.4, 0.5) is 5.69 Å². The first kappa shape index (κ1) is 15.9. The molecular weight excluding hydrogens is 258 g/mol. The van der Waals surface area contributed by atoms with Crippen LogP contribution >= 0.6 is 11.8 Å². The van der Waals surface area contributed by atoms with Crippen LogP contribution in [0.3, 0.4) is 0 Å². The molecule has 0 aromatic heterocycles. The molecule has 106 valence electrons. The van der Waals surface area contributed by atoms with E-state index in [9.17, 15) is 4.79 Å². The number of nitrogens with one attached hydrogen (secondary N) is 1. The number of esters is 1. The van der Waals surface area contributed by atoms with Crippen molar-refractivity contribution in [1.82, 2.24) is 0 Å². The highest BCUT2D eigenvalue weighted by Crippen LogP contribution is 2.24. The van der Waals surface area contributed by atoms with Gasteiger partial charge in [-0.3, -0.25) is 0 Å². The number of benzene rings is 1. The smallest absolute Gasteiger partial charge is 0.328 e. The van der Waals surface area contributed by atoms with Crippen molar-refractivity contribution in [3.63, 3.8) is 0 Å². The number of hydrogen-bond donors (Lipinski definition) is 1. The quantitative estimate of drug-likeness (QED) is 0.613. The molecule has 0 saturated heterocycles. The summed E-state index contributed by atoms with van der Waals surface area (Å²) in [6, 6.07) is 7.74. The van der Waals surface area contributed by atoms with Crippen molar-refractivity contribution in [3.8, 4) is 0 Å². The molecule has 0 aliphatic carbocycles. The van der Waals surface area contributed by atoms with E-state index in [1.807, 2.05) is 31.4 Å². The number of thioether (sulfide) groups is 1. The summed E-state index contributed by atoms with van der Waals surface area (Å²) in [5.74, 6) is 1.05. The third-order valence-electron chi connectivity index (χ3n) is 2.84. The van der Waals surface area contributed by atoms with Gasteiger partial charge in [0.25, 0.3) is 0 Å². The molecule has 1 aromatic rings. The van der Waals surface area contributed by atoms with Crippen molar-refractivity contribution >= 4 is 23.4 Å². The molecule has 3 nitrogen and oxygen atoms in total. The van der Waals surface area contributed by atoms with Crippen LogP contribution in [0.2, 0.25) is 0 Å². The second-order valence-electron chi connectivity index (χ2n) is 4.77.